The molecule has 3 rings (SSSR count). The van der Waals surface area contributed by atoms with Crippen molar-refractivity contribution >= 4 is 12.1 Å². The van der Waals surface area contributed by atoms with Crippen LogP contribution in [0, 0.1) is 6.92 Å². The molecule has 1 heterocycles. The molecule has 0 saturated carbocycles. The number of nitrogens with one attached hydrogen (secondary N) is 3. The molecule has 6 nitrogen and oxygen atoms in total. The maximum atomic E-state index is 12.3. The third-order valence-electron chi connectivity index (χ3n) is 4.30. The molecular formula is C20H24N4O2. The molecule has 26 heavy (non-hydrogen) atoms. The van der Waals surface area contributed by atoms with Crippen LogP contribution in [0.4, 0.5) is 0 Å². The van der Waals surface area contributed by atoms with Crippen molar-refractivity contribution in [2.75, 3.05) is 6.61 Å². The minimum Gasteiger partial charge on any atom is -0.493 e. The van der Waals surface area contributed by atoms with Gasteiger partial charge in [0.15, 0.2) is 0 Å². The zero-order chi connectivity index (χ0) is 18.4. The van der Waals surface area contributed by atoms with Crippen molar-refractivity contribution in [2.45, 2.75) is 32.4 Å². The lowest BCUT2D eigenvalue weighted by Crippen LogP contribution is -2.41. The number of hydrazone groups is 1. The second kappa shape index (κ2) is 8.60. The number of carbonyl (C=O) groups excluding carboxylic acids is 1. The highest BCUT2D eigenvalue weighted by molar-refractivity contribution is 5.86. The standard InChI is InChI=1S/C20H24N4O2/c1-3-26-19-7-5-4-6-16(19)13-21-24-20(25)18-12-17(22-23-18)15-10-8-14(2)9-11-15/h4-11,13,17-18,22-23H,3,12H2,1-2H3,(H,24,25)/b21-13+. The van der Waals surface area contributed by atoms with Crippen LogP contribution >= 0.6 is 0 Å². The molecule has 0 spiro atoms. The summed E-state index contributed by atoms with van der Waals surface area (Å²) >= 11 is 0. The van der Waals surface area contributed by atoms with E-state index in [9.17, 15) is 4.79 Å². The number of aryl methyl sites for hydroxylation is 1. The van der Waals surface area contributed by atoms with Gasteiger partial charge in [0.2, 0.25) is 0 Å². The Labute approximate surface area is 153 Å². The molecule has 2 unspecified atom stereocenters. The van der Waals surface area contributed by atoms with Crippen molar-refractivity contribution in [3.05, 3.63) is 65.2 Å². The molecular weight excluding hydrogens is 328 g/mol. The van der Waals surface area contributed by atoms with Crippen molar-refractivity contribution in [1.29, 1.82) is 0 Å². The van der Waals surface area contributed by atoms with E-state index in [2.05, 4.69) is 52.6 Å². The topological polar surface area (TPSA) is 74.8 Å². The zero-order valence-corrected chi connectivity index (χ0v) is 15.0. The number of hydrogen-bond acceptors (Lipinski definition) is 5. The molecule has 2 aromatic carbocycles. The van der Waals surface area contributed by atoms with Crippen LogP contribution in [0.2, 0.25) is 0 Å². The lowest BCUT2D eigenvalue weighted by Gasteiger charge is -2.09. The third-order valence-corrected chi connectivity index (χ3v) is 4.30. The van der Waals surface area contributed by atoms with Crippen molar-refractivity contribution in [3.8, 4) is 5.75 Å². The Morgan fingerprint density at radius 1 is 1.23 bits per heavy atom. The molecule has 0 bridgehead atoms. The lowest BCUT2D eigenvalue weighted by atomic mass is 10.0. The van der Waals surface area contributed by atoms with E-state index in [4.69, 9.17) is 4.74 Å². The molecule has 0 aromatic heterocycles. The number of para-hydroxylation sites is 1. The Balaban J connectivity index is 1.55. The molecule has 1 aliphatic rings. The summed E-state index contributed by atoms with van der Waals surface area (Å²) in [7, 11) is 0. The summed E-state index contributed by atoms with van der Waals surface area (Å²) in [4.78, 5) is 12.3. The smallest absolute Gasteiger partial charge is 0.258 e. The first-order valence-corrected chi connectivity index (χ1v) is 8.79. The van der Waals surface area contributed by atoms with Crippen molar-refractivity contribution in [3.63, 3.8) is 0 Å². The summed E-state index contributed by atoms with van der Waals surface area (Å²) in [5, 5.41) is 4.07. The maximum absolute atomic E-state index is 12.3. The van der Waals surface area contributed by atoms with Gasteiger partial charge < -0.3 is 4.74 Å². The van der Waals surface area contributed by atoms with E-state index in [-0.39, 0.29) is 18.0 Å². The summed E-state index contributed by atoms with van der Waals surface area (Å²) in [5.74, 6) is 0.574. The first-order valence-electron chi connectivity index (χ1n) is 8.79. The number of amides is 1. The largest absolute Gasteiger partial charge is 0.493 e. The molecule has 6 heteroatoms. The summed E-state index contributed by atoms with van der Waals surface area (Å²) in [6, 6.07) is 15.7. The second-order valence-electron chi connectivity index (χ2n) is 6.25. The molecule has 3 N–H and O–H groups in total. The monoisotopic (exact) mass is 352 g/mol. The average molecular weight is 352 g/mol. The minimum atomic E-state index is -0.333. The van der Waals surface area contributed by atoms with Gasteiger partial charge in [0.1, 0.15) is 11.8 Å². The van der Waals surface area contributed by atoms with Gasteiger partial charge >= 0.3 is 0 Å². The number of ether oxygens (including phenoxy) is 1. The first kappa shape index (κ1) is 18.1. The number of rotatable bonds is 6. The van der Waals surface area contributed by atoms with Gasteiger partial charge in [0.25, 0.3) is 5.91 Å². The third kappa shape index (κ3) is 4.47. The van der Waals surface area contributed by atoms with Crippen LogP contribution in [0.1, 0.15) is 36.1 Å². The lowest BCUT2D eigenvalue weighted by molar-refractivity contribution is -0.122. The van der Waals surface area contributed by atoms with Gasteiger partial charge in [-0.25, -0.2) is 16.3 Å². The molecule has 1 amide bonds. The zero-order valence-electron chi connectivity index (χ0n) is 15.0. The van der Waals surface area contributed by atoms with E-state index >= 15 is 0 Å². The molecule has 2 atom stereocenters. The van der Waals surface area contributed by atoms with Crippen molar-refractivity contribution in [1.82, 2.24) is 16.3 Å². The normalized spacial score (nSPS) is 19.6. The minimum absolute atomic E-state index is 0.106. The van der Waals surface area contributed by atoms with E-state index in [1.54, 1.807) is 6.21 Å². The van der Waals surface area contributed by atoms with Gasteiger partial charge in [0.05, 0.1) is 12.8 Å². The fourth-order valence-corrected chi connectivity index (χ4v) is 2.86. The van der Waals surface area contributed by atoms with Crippen molar-refractivity contribution < 1.29 is 9.53 Å². The highest BCUT2D eigenvalue weighted by Gasteiger charge is 2.29. The van der Waals surface area contributed by atoms with Crippen LogP contribution in [0.15, 0.2) is 53.6 Å². The van der Waals surface area contributed by atoms with Crippen LogP contribution in [-0.4, -0.2) is 24.8 Å². The second-order valence-corrected chi connectivity index (χ2v) is 6.25. The molecule has 1 saturated heterocycles. The predicted molar refractivity (Wildman–Crippen MR) is 102 cm³/mol. The Morgan fingerprint density at radius 2 is 2.00 bits per heavy atom. The Kier molecular flexibility index (Phi) is 5.99. The Bertz CT molecular complexity index is 774. The number of carbonyl (C=O) groups is 1. The fraction of sp³-hybridized carbons (Fsp3) is 0.300. The van der Waals surface area contributed by atoms with Gasteiger partial charge in [-0.2, -0.15) is 5.10 Å². The summed E-state index contributed by atoms with van der Waals surface area (Å²) in [6.07, 6.45) is 2.27. The highest BCUT2D eigenvalue weighted by atomic mass is 16.5. The van der Waals surface area contributed by atoms with Gasteiger partial charge in [-0.3, -0.25) is 4.79 Å². The number of nitrogens with zero attached hydrogens (tertiary/aromatic N) is 1. The van der Waals surface area contributed by atoms with E-state index < -0.39 is 0 Å². The maximum Gasteiger partial charge on any atom is 0.258 e. The van der Waals surface area contributed by atoms with Crippen molar-refractivity contribution in [2.24, 2.45) is 5.10 Å². The first-order chi connectivity index (χ1) is 12.7. The highest BCUT2D eigenvalue weighted by Crippen LogP contribution is 2.22. The van der Waals surface area contributed by atoms with Gasteiger partial charge in [0, 0.05) is 11.6 Å². The van der Waals surface area contributed by atoms with Gasteiger partial charge in [-0.05, 0) is 38.0 Å². The quantitative estimate of drug-likeness (QED) is 0.551. The summed E-state index contributed by atoms with van der Waals surface area (Å²) in [5.41, 5.74) is 12.0. The predicted octanol–water partition coefficient (Wildman–Crippen LogP) is 2.45. The Hall–Kier alpha value is -2.70. The number of hydrogen-bond donors (Lipinski definition) is 3. The van der Waals surface area contributed by atoms with Gasteiger partial charge in [-0.15, -0.1) is 0 Å². The van der Waals surface area contributed by atoms with E-state index in [0.717, 1.165) is 16.9 Å². The van der Waals surface area contributed by atoms with E-state index in [0.29, 0.717) is 13.0 Å². The fourth-order valence-electron chi connectivity index (χ4n) is 2.86. The van der Waals surface area contributed by atoms with E-state index in [1.807, 2.05) is 31.2 Å². The van der Waals surface area contributed by atoms with Gasteiger partial charge in [-0.1, -0.05) is 42.0 Å². The molecule has 0 aliphatic carbocycles. The van der Waals surface area contributed by atoms with E-state index in [1.165, 1.54) is 5.56 Å². The SMILES string of the molecule is CCOc1ccccc1/C=N/NC(=O)C1CC(c2ccc(C)cc2)NN1. The molecule has 136 valence electrons. The number of benzene rings is 2. The molecule has 2 aromatic rings. The van der Waals surface area contributed by atoms with Crippen LogP contribution in [0.25, 0.3) is 0 Å². The summed E-state index contributed by atoms with van der Waals surface area (Å²) in [6.45, 7) is 4.57. The van der Waals surface area contributed by atoms with Crippen LogP contribution in [0.5, 0.6) is 5.75 Å². The Morgan fingerprint density at radius 3 is 2.77 bits per heavy atom. The van der Waals surface area contributed by atoms with Crippen LogP contribution in [0.3, 0.4) is 0 Å². The average Bonchev–Trinajstić information content (AvgIpc) is 3.14. The summed E-state index contributed by atoms with van der Waals surface area (Å²) < 4.78 is 5.54. The number of hydrazine groups is 1. The molecule has 0 radical (unpaired) electrons. The molecule has 1 fully saturated rings. The molecule has 1 aliphatic heterocycles. The van der Waals surface area contributed by atoms with Crippen LogP contribution < -0.4 is 21.0 Å². The van der Waals surface area contributed by atoms with Crippen LogP contribution in [-0.2, 0) is 4.79 Å².